The molecule has 0 atom stereocenters. The smallest absolute Gasteiger partial charge is 0.257 e. The minimum Gasteiger partial charge on any atom is -0.257 e. The zero-order valence-corrected chi connectivity index (χ0v) is 17.7. The lowest BCUT2D eigenvalue weighted by molar-refractivity contribution is -0.474. The second-order valence-electron chi connectivity index (χ2n) is 6.96. The fourth-order valence-corrected chi connectivity index (χ4v) is 2.34. The molecule has 242 valence electrons. The van der Waals surface area contributed by atoms with Crippen molar-refractivity contribution < 1.29 is 118 Å². The highest BCUT2D eigenvalue weighted by molar-refractivity contribution is 7.87. The maximum atomic E-state index is 13.5. The molecule has 40 heavy (non-hydrogen) atoms. The molecule has 0 aromatic rings. The van der Waals surface area contributed by atoms with Crippen molar-refractivity contribution in [2.45, 2.75) is 65.0 Å². The molecule has 0 saturated carbocycles. The molecule has 0 heterocycles. The minimum atomic E-state index is -9.45. The van der Waals surface area contributed by atoms with Crippen LogP contribution in [0.15, 0.2) is 0 Å². The van der Waals surface area contributed by atoms with Crippen molar-refractivity contribution >= 4 is 10.1 Å². The third-order valence-electron chi connectivity index (χ3n) is 4.25. The van der Waals surface area contributed by atoms with Crippen molar-refractivity contribution in [2.75, 3.05) is 6.61 Å². The first-order valence-corrected chi connectivity index (χ1v) is 9.54. The normalized spacial score (nSPS) is 16.9. The standard InChI is InChI=1S/C12H2F24O3S/c13-2(14,1-39-40(37,38)12(34,35)36)3(15,16)4(17,18)5(19,20)6(21,22)7(23,24)8(25,26)9(27,28)10(29,30)11(31,32)33/h1H2. The van der Waals surface area contributed by atoms with Crippen LogP contribution in [0.4, 0.5) is 105 Å². The van der Waals surface area contributed by atoms with Gasteiger partial charge in [0.1, 0.15) is 6.61 Å². The van der Waals surface area contributed by atoms with Gasteiger partial charge in [-0.3, -0.25) is 4.18 Å². The highest BCUT2D eigenvalue weighted by Crippen LogP contribution is 2.66. The van der Waals surface area contributed by atoms with Gasteiger partial charge in [0.05, 0.1) is 0 Å². The first-order chi connectivity index (χ1) is 16.7. The molecule has 0 N–H and O–H groups in total. The second-order valence-corrected chi connectivity index (χ2v) is 8.57. The van der Waals surface area contributed by atoms with Gasteiger partial charge in [-0.1, -0.05) is 0 Å². The Morgan fingerprint density at radius 3 is 0.825 bits per heavy atom. The number of halogens is 24. The van der Waals surface area contributed by atoms with Crippen LogP contribution in [0.3, 0.4) is 0 Å². The Hall–Kier alpha value is -1.77. The summed E-state index contributed by atoms with van der Waals surface area (Å²) in [4.78, 5) is 0. The van der Waals surface area contributed by atoms with Crippen LogP contribution >= 0.6 is 0 Å². The minimum absolute atomic E-state index is 2.07. The predicted octanol–water partition coefficient (Wildman–Crippen LogP) is 7.13. The van der Waals surface area contributed by atoms with E-state index in [0.29, 0.717) is 0 Å². The third kappa shape index (κ3) is 4.96. The van der Waals surface area contributed by atoms with Crippen LogP contribution in [-0.2, 0) is 14.3 Å². The monoisotopic (exact) mass is 682 g/mol. The van der Waals surface area contributed by atoms with Crippen molar-refractivity contribution in [2.24, 2.45) is 0 Å². The number of hydrogen-bond donors (Lipinski definition) is 0. The van der Waals surface area contributed by atoms with Gasteiger partial charge >= 0.3 is 75.1 Å². The second kappa shape index (κ2) is 9.37. The summed E-state index contributed by atoms with van der Waals surface area (Å²) < 4.78 is 333. The van der Waals surface area contributed by atoms with E-state index in [-0.39, 0.29) is 0 Å². The largest absolute Gasteiger partial charge is 0.523 e. The molecule has 0 spiro atoms. The maximum absolute atomic E-state index is 13.5. The van der Waals surface area contributed by atoms with Crippen molar-refractivity contribution in [3.63, 3.8) is 0 Å². The van der Waals surface area contributed by atoms with Crippen LogP contribution in [0, 0.1) is 0 Å². The SMILES string of the molecule is O=S(=O)(OCC(F)(F)C(F)(F)C(F)(F)C(F)(F)C(F)(F)C(F)(F)C(F)(F)C(F)(F)C(F)(F)C(F)(F)F)C(F)(F)F. The van der Waals surface area contributed by atoms with Gasteiger partial charge in [0.2, 0.25) is 0 Å². The lowest BCUT2D eigenvalue weighted by Crippen LogP contribution is -2.77. The molecule has 0 bridgehead atoms. The summed E-state index contributed by atoms with van der Waals surface area (Å²) in [5.74, 6) is -80.5. The average Bonchev–Trinajstić information content (AvgIpc) is 2.69. The fourth-order valence-electron chi connectivity index (χ4n) is 1.90. The molecular formula is C12H2F24O3S. The van der Waals surface area contributed by atoms with E-state index in [9.17, 15) is 114 Å². The van der Waals surface area contributed by atoms with E-state index in [4.69, 9.17) is 0 Å². The molecule has 0 aliphatic heterocycles. The molecule has 0 saturated heterocycles. The Kier molecular flexibility index (Phi) is 8.95. The van der Waals surface area contributed by atoms with Crippen molar-refractivity contribution in [3.8, 4) is 0 Å². The summed E-state index contributed by atoms with van der Waals surface area (Å²) in [5.41, 5.74) is -6.88. The van der Waals surface area contributed by atoms with E-state index in [2.05, 4.69) is 4.18 Å². The van der Waals surface area contributed by atoms with Crippen LogP contribution in [0.1, 0.15) is 0 Å². The van der Waals surface area contributed by atoms with E-state index in [0.717, 1.165) is 0 Å². The fraction of sp³-hybridized carbons (Fsp3) is 1.00. The molecule has 0 aromatic heterocycles. The molecule has 0 fully saturated rings. The lowest BCUT2D eigenvalue weighted by atomic mass is 9.86. The first kappa shape index (κ1) is 38.2. The molecule has 3 nitrogen and oxygen atoms in total. The summed E-state index contributed by atoms with van der Waals surface area (Å²) in [6, 6.07) is 0. The van der Waals surface area contributed by atoms with Crippen LogP contribution in [0.5, 0.6) is 0 Å². The molecule has 0 rings (SSSR count). The van der Waals surface area contributed by atoms with Gasteiger partial charge in [-0.25, -0.2) is 0 Å². The summed E-state index contributed by atoms with van der Waals surface area (Å²) in [5, 5.41) is 0. The molecule has 0 amide bonds. The predicted molar refractivity (Wildman–Crippen MR) is 71.5 cm³/mol. The Morgan fingerprint density at radius 2 is 0.600 bits per heavy atom. The number of alkyl halides is 24. The molecule has 0 radical (unpaired) electrons. The lowest BCUT2D eigenvalue weighted by Gasteiger charge is -2.44. The summed E-state index contributed by atoms with van der Waals surface area (Å²) in [7, 11) is -7.54. The van der Waals surface area contributed by atoms with Crippen LogP contribution < -0.4 is 0 Å². The molecular weight excluding hydrogens is 680 g/mol. The van der Waals surface area contributed by atoms with E-state index < -0.39 is 81.7 Å². The van der Waals surface area contributed by atoms with Crippen LogP contribution in [0.25, 0.3) is 0 Å². The summed E-state index contributed by atoms with van der Waals surface area (Å²) >= 11 is 0. The van der Waals surface area contributed by atoms with Crippen molar-refractivity contribution in [3.05, 3.63) is 0 Å². The summed E-state index contributed by atoms with van der Waals surface area (Å²) in [6.07, 6.45) is -8.14. The zero-order valence-electron chi connectivity index (χ0n) is 16.9. The molecule has 0 aromatic carbocycles. The summed E-state index contributed by atoms with van der Waals surface area (Å²) in [6.45, 7) is -4.39. The molecule has 0 aliphatic rings. The van der Waals surface area contributed by atoms with E-state index >= 15 is 0 Å². The zero-order chi connectivity index (χ0) is 33.4. The van der Waals surface area contributed by atoms with Crippen LogP contribution in [-0.4, -0.2) is 80.0 Å². The van der Waals surface area contributed by atoms with Gasteiger partial charge in [0.15, 0.2) is 0 Å². The van der Waals surface area contributed by atoms with Crippen molar-refractivity contribution in [1.82, 2.24) is 0 Å². The van der Waals surface area contributed by atoms with E-state index in [1.165, 1.54) is 0 Å². The Balaban J connectivity index is 6.98. The highest BCUT2D eigenvalue weighted by atomic mass is 32.2. The maximum Gasteiger partial charge on any atom is 0.523 e. The Labute approximate surface area is 201 Å². The molecule has 28 heteroatoms. The van der Waals surface area contributed by atoms with Gasteiger partial charge in [-0.05, 0) is 0 Å². The molecule has 0 unspecified atom stereocenters. The number of rotatable bonds is 11. The van der Waals surface area contributed by atoms with Crippen LogP contribution in [0.2, 0.25) is 0 Å². The van der Waals surface area contributed by atoms with E-state index in [1.54, 1.807) is 0 Å². The average molecular weight is 682 g/mol. The van der Waals surface area contributed by atoms with Gasteiger partial charge in [-0.15, -0.1) is 0 Å². The van der Waals surface area contributed by atoms with Gasteiger partial charge in [-0.2, -0.15) is 114 Å². The number of hydrogen-bond acceptors (Lipinski definition) is 3. The van der Waals surface area contributed by atoms with Gasteiger partial charge < -0.3 is 0 Å². The third-order valence-corrected chi connectivity index (χ3v) is 5.25. The Morgan fingerprint density at radius 1 is 0.375 bits per heavy atom. The van der Waals surface area contributed by atoms with Gasteiger partial charge in [0, 0.05) is 0 Å². The van der Waals surface area contributed by atoms with Gasteiger partial charge in [0.25, 0.3) is 0 Å². The van der Waals surface area contributed by atoms with Crippen molar-refractivity contribution in [1.29, 1.82) is 0 Å². The van der Waals surface area contributed by atoms with E-state index in [1.807, 2.05) is 0 Å². The molecule has 0 aliphatic carbocycles. The Bertz CT molecular complexity index is 1030. The highest BCUT2D eigenvalue weighted by Gasteiger charge is 2.97. The quantitative estimate of drug-likeness (QED) is 0.132. The topological polar surface area (TPSA) is 43.4 Å². The first-order valence-electron chi connectivity index (χ1n) is 8.13.